The van der Waals surface area contributed by atoms with Crippen LogP contribution in [-0.2, 0) is 4.74 Å². The minimum Gasteiger partial charge on any atom is -0.444 e. The van der Waals surface area contributed by atoms with Gasteiger partial charge in [-0.05, 0) is 34.1 Å². The first-order valence-corrected chi connectivity index (χ1v) is 5.04. The zero-order chi connectivity index (χ0) is 12.1. The molecule has 0 fully saturated rings. The van der Waals surface area contributed by atoms with E-state index in [0.29, 0.717) is 6.42 Å². The fraction of sp³-hybridized carbons (Fsp3) is 0.727. The van der Waals surface area contributed by atoms with Crippen LogP contribution >= 0.6 is 0 Å². The summed E-state index contributed by atoms with van der Waals surface area (Å²) in [6.45, 7) is 10.6. The highest BCUT2D eigenvalue weighted by molar-refractivity contribution is 5.68. The first-order chi connectivity index (χ1) is 6.76. The van der Waals surface area contributed by atoms with Crippen molar-refractivity contribution >= 4 is 6.09 Å². The highest BCUT2D eigenvalue weighted by Crippen LogP contribution is 2.07. The van der Waals surface area contributed by atoms with Gasteiger partial charge < -0.3 is 15.2 Å². The molecule has 1 amide bonds. The van der Waals surface area contributed by atoms with Gasteiger partial charge in [-0.25, -0.2) is 4.79 Å². The highest BCUT2D eigenvalue weighted by atomic mass is 16.6. The van der Waals surface area contributed by atoms with Gasteiger partial charge in [-0.1, -0.05) is 6.08 Å². The van der Waals surface area contributed by atoms with Crippen molar-refractivity contribution in [3.63, 3.8) is 0 Å². The molecule has 4 heteroatoms. The summed E-state index contributed by atoms with van der Waals surface area (Å²) in [5, 5.41) is 12.1. The van der Waals surface area contributed by atoms with Crippen molar-refractivity contribution in [3.8, 4) is 0 Å². The van der Waals surface area contributed by atoms with E-state index in [1.165, 1.54) is 0 Å². The molecule has 2 atom stereocenters. The molecule has 0 saturated carbocycles. The predicted octanol–water partition coefficient (Wildman–Crippen LogP) is 1.84. The van der Waals surface area contributed by atoms with Crippen LogP contribution in [0.5, 0.6) is 0 Å². The summed E-state index contributed by atoms with van der Waals surface area (Å²) in [5.41, 5.74) is -0.521. The molecule has 0 spiro atoms. The van der Waals surface area contributed by atoms with Crippen LogP contribution in [0.1, 0.15) is 34.1 Å². The van der Waals surface area contributed by atoms with E-state index in [-0.39, 0.29) is 6.04 Å². The Hall–Kier alpha value is -1.03. The molecule has 2 N–H and O–H groups in total. The third-order valence-corrected chi connectivity index (χ3v) is 1.73. The summed E-state index contributed by atoms with van der Waals surface area (Å²) in [6.07, 6.45) is 0.905. The number of aliphatic hydroxyl groups is 1. The Kier molecular flexibility index (Phi) is 5.36. The summed E-state index contributed by atoms with van der Waals surface area (Å²) in [6, 6.07) is -0.349. The number of nitrogens with one attached hydrogen (secondary N) is 1. The van der Waals surface area contributed by atoms with Gasteiger partial charge in [-0.2, -0.15) is 0 Å². The van der Waals surface area contributed by atoms with Gasteiger partial charge in [0.1, 0.15) is 5.60 Å². The number of rotatable bonds is 4. The molecule has 0 unspecified atom stereocenters. The maximum atomic E-state index is 11.3. The lowest BCUT2D eigenvalue weighted by Crippen LogP contribution is -2.43. The molecule has 0 heterocycles. The minimum atomic E-state index is -0.630. The maximum absolute atomic E-state index is 11.3. The average molecular weight is 215 g/mol. The molecule has 0 aromatic carbocycles. The molecule has 0 bridgehead atoms. The fourth-order valence-electron chi connectivity index (χ4n) is 0.965. The zero-order valence-electron chi connectivity index (χ0n) is 9.91. The number of alkyl carbamates (subject to hydrolysis) is 1. The zero-order valence-corrected chi connectivity index (χ0v) is 9.91. The molecule has 0 aliphatic rings. The van der Waals surface area contributed by atoms with E-state index in [1.54, 1.807) is 33.8 Å². The van der Waals surface area contributed by atoms with Crippen LogP contribution < -0.4 is 5.32 Å². The van der Waals surface area contributed by atoms with Gasteiger partial charge in [0.05, 0.1) is 12.1 Å². The second-order valence-electron chi connectivity index (χ2n) is 4.53. The van der Waals surface area contributed by atoms with E-state index in [4.69, 9.17) is 4.74 Å². The number of hydrogen-bond donors (Lipinski definition) is 2. The van der Waals surface area contributed by atoms with Gasteiger partial charge in [-0.3, -0.25) is 0 Å². The average Bonchev–Trinajstić information content (AvgIpc) is 2.00. The number of amides is 1. The van der Waals surface area contributed by atoms with Gasteiger partial charge in [-0.15, -0.1) is 6.58 Å². The van der Waals surface area contributed by atoms with Crippen molar-refractivity contribution in [1.82, 2.24) is 5.32 Å². The monoisotopic (exact) mass is 215 g/mol. The molecule has 4 nitrogen and oxygen atoms in total. The lowest BCUT2D eigenvalue weighted by molar-refractivity contribution is 0.0439. The topological polar surface area (TPSA) is 58.6 Å². The Morgan fingerprint density at radius 1 is 1.60 bits per heavy atom. The van der Waals surface area contributed by atoms with Crippen LogP contribution in [0.3, 0.4) is 0 Å². The van der Waals surface area contributed by atoms with Gasteiger partial charge in [0.25, 0.3) is 0 Å². The Morgan fingerprint density at radius 3 is 2.53 bits per heavy atom. The van der Waals surface area contributed by atoms with Crippen LogP contribution in [0.15, 0.2) is 12.7 Å². The summed E-state index contributed by atoms with van der Waals surface area (Å²) in [4.78, 5) is 11.3. The van der Waals surface area contributed by atoms with E-state index in [0.717, 1.165) is 0 Å². The largest absolute Gasteiger partial charge is 0.444 e. The number of carbonyl (C=O) groups is 1. The van der Waals surface area contributed by atoms with Crippen molar-refractivity contribution in [2.75, 3.05) is 0 Å². The summed E-state index contributed by atoms with van der Waals surface area (Å²) < 4.78 is 5.05. The smallest absolute Gasteiger partial charge is 0.407 e. The van der Waals surface area contributed by atoms with Gasteiger partial charge in [0.2, 0.25) is 0 Å². The van der Waals surface area contributed by atoms with Crippen molar-refractivity contribution < 1.29 is 14.6 Å². The van der Waals surface area contributed by atoms with Crippen molar-refractivity contribution in [2.45, 2.75) is 51.9 Å². The summed E-state index contributed by atoms with van der Waals surface area (Å²) >= 11 is 0. The second-order valence-corrected chi connectivity index (χ2v) is 4.53. The molecular weight excluding hydrogens is 194 g/mol. The minimum absolute atomic E-state index is 0.349. The Labute approximate surface area is 91.3 Å². The number of hydrogen-bond acceptors (Lipinski definition) is 3. The molecule has 0 radical (unpaired) electrons. The lowest BCUT2D eigenvalue weighted by Gasteiger charge is -2.23. The molecule has 0 aromatic rings. The van der Waals surface area contributed by atoms with E-state index >= 15 is 0 Å². The standard InChI is InChI=1S/C11H21NO3/c1-6-7-9(13)8(2)12-10(14)15-11(3,4)5/h6,8-9,13H,1,7H2,2-5H3,(H,12,14)/t8-,9+/m1/s1. The highest BCUT2D eigenvalue weighted by Gasteiger charge is 2.20. The first-order valence-electron chi connectivity index (χ1n) is 5.04. The molecular formula is C11H21NO3. The normalized spacial score (nSPS) is 15.3. The molecule has 0 saturated heterocycles. The van der Waals surface area contributed by atoms with E-state index in [1.807, 2.05) is 0 Å². The molecule has 0 aliphatic carbocycles. The quantitative estimate of drug-likeness (QED) is 0.703. The van der Waals surface area contributed by atoms with Crippen molar-refractivity contribution in [2.24, 2.45) is 0 Å². The second kappa shape index (κ2) is 5.75. The van der Waals surface area contributed by atoms with Crippen molar-refractivity contribution in [3.05, 3.63) is 12.7 Å². The third-order valence-electron chi connectivity index (χ3n) is 1.73. The van der Waals surface area contributed by atoms with E-state index in [9.17, 15) is 9.90 Å². The van der Waals surface area contributed by atoms with Crippen LogP contribution in [0.2, 0.25) is 0 Å². The summed E-state index contributed by atoms with van der Waals surface area (Å²) in [7, 11) is 0. The van der Waals surface area contributed by atoms with Crippen LogP contribution in [0.4, 0.5) is 4.79 Å². The number of aliphatic hydroxyl groups excluding tert-OH is 1. The summed E-state index contributed by atoms with van der Waals surface area (Å²) in [5.74, 6) is 0. The van der Waals surface area contributed by atoms with Crippen LogP contribution in [-0.4, -0.2) is 28.9 Å². The van der Waals surface area contributed by atoms with Crippen LogP contribution in [0, 0.1) is 0 Å². The molecule has 0 aromatic heterocycles. The molecule has 88 valence electrons. The Balaban J connectivity index is 4.01. The van der Waals surface area contributed by atoms with Gasteiger partial charge in [0.15, 0.2) is 0 Å². The van der Waals surface area contributed by atoms with E-state index in [2.05, 4.69) is 11.9 Å². The molecule has 15 heavy (non-hydrogen) atoms. The molecule has 0 rings (SSSR count). The van der Waals surface area contributed by atoms with Crippen LogP contribution in [0.25, 0.3) is 0 Å². The lowest BCUT2D eigenvalue weighted by atomic mass is 10.1. The van der Waals surface area contributed by atoms with Gasteiger partial charge >= 0.3 is 6.09 Å². The Bertz CT molecular complexity index is 220. The predicted molar refractivity (Wildman–Crippen MR) is 59.7 cm³/mol. The van der Waals surface area contributed by atoms with Gasteiger partial charge in [0, 0.05) is 0 Å². The third kappa shape index (κ3) is 6.96. The number of carbonyl (C=O) groups excluding carboxylic acids is 1. The first kappa shape index (κ1) is 14.0. The number of ether oxygens (including phenoxy) is 1. The fourth-order valence-corrected chi connectivity index (χ4v) is 0.965. The van der Waals surface area contributed by atoms with Crippen molar-refractivity contribution in [1.29, 1.82) is 0 Å². The maximum Gasteiger partial charge on any atom is 0.407 e. The Morgan fingerprint density at radius 2 is 2.13 bits per heavy atom. The van der Waals surface area contributed by atoms with E-state index < -0.39 is 17.8 Å². The SMILES string of the molecule is C=CC[C@H](O)[C@@H](C)NC(=O)OC(C)(C)C. The molecule has 0 aliphatic heterocycles.